The van der Waals surface area contributed by atoms with Gasteiger partial charge in [-0.2, -0.15) is 4.31 Å². The molecule has 0 bridgehead atoms. The first-order valence-electron chi connectivity index (χ1n) is 9.30. The third-order valence-electron chi connectivity index (χ3n) is 4.37. The molecule has 0 spiro atoms. The van der Waals surface area contributed by atoms with Crippen molar-refractivity contribution in [1.29, 1.82) is 0 Å². The molecule has 156 valence electrons. The number of esters is 1. The van der Waals surface area contributed by atoms with Gasteiger partial charge >= 0.3 is 5.97 Å². The number of unbranched alkanes of at least 4 members (excludes halogenated alkanes) is 1. The van der Waals surface area contributed by atoms with Crippen molar-refractivity contribution in [2.75, 3.05) is 25.2 Å². The van der Waals surface area contributed by atoms with Crippen LogP contribution in [-0.4, -0.2) is 44.5 Å². The molecule has 2 aromatic carbocycles. The first-order valence-corrected chi connectivity index (χ1v) is 11.1. The molecular formula is C21H26N2O5S. The van der Waals surface area contributed by atoms with Crippen molar-refractivity contribution in [1.82, 2.24) is 4.31 Å². The highest BCUT2D eigenvalue weighted by Gasteiger charge is 2.30. The van der Waals surface area contributed by atoms with Gasteiger partial charge in [-0.25, -0.2) is 13.2 Å². The molecule has 0 aromatic heterocycles. The van der Waals surface area contributed by atoms with E-state index in [2.05, 4.69) is 5.32 Å². The van der Waals surface area contributed by atoms with Gasteiger partial charge in [0, 0.05) is 12.7 Å². The van der Waals surface area contributed by atoms with Crippen LogP contribution in [0.25, 0.3) is 0 Å². The maximum atomic E-state index is 12.9. The van der Waals surface area contributed by atoms with E-state index >= 15 is 0 Å². The summed E-state index contributed by atoms with van der Waals surface area (Å²) in [5.41, 5.74) is 1.38. The lowest BCUT2D eigenvalue weighted by molar-refractivity contribution is -0.119. The maximum absolute atomic E-state index is 12.9. The van der Waals surface area contributed by atoms with Crippen LogP contribution >= 0.6 is 0 Å². The Morgan fingerprint density at radius 2 is 1.69 bits per heavy atom. The van der Waals surface area contributed by atoms with E-state index in [1.165, 1.54) is 7.05 Å². The minimum Gasteiger partial charge on any atom is -0.462 e. The SMILES string of the molecule is CCCCOC(=O)c1ccc(NC(=O)[C@@H](c2ccccc2)N(C)S(C)(=O)=O)cc1. The van der Waals surface area contributed by atoms with Crippen molar-refractivity contribution in [3.05, 3.63) is 65.7 Å². The predicted octanol–water partition coefficient (Wildman–Crippen LogP) is 3.21. The summed E-state index contributed by atoms with van der Waals surface area (Å²) < 4.78 is 30.2. The van der Waals surface area contributed by atoms with Gasteiger partial charge in [0.1, 0.15) is 6.04 Å². The van der Waals surface area contributed by atoms with Crippen molar-refractivity contribution >= 4 is 27.6 Å². The van der Waals surface area contributed by atoms with Crippen LogP contribution in [0.3, 0.4) is 0 Å². The van der Waals surface area contributed by atoms with Gasteiger partial charge in [-0.05, 0) is 36.2 Å². The highest BCUT2D eigenvalue weighted by atomic mass is 32.2. The van der Waals surface area contributed by atoms with E-state index in [0.717, 1.165) is 23.4 Å². The summed E-state index contributed by atoms with van der Waals surface area (Å²) in [4.78, 5) is 24.8. The number of ether oxygens (including phenoxy) is 1. The fraction of sp³-hybridized carbons (Fsp3) is 0.333. The first-order chi connectivity index (χ1) is 13.7. The Morgan fingerprint density at radius 1 is 1.07 bits per heavy atom. The van der Waals surface area contributed by atoms with Crippen LogP contribution in [0.5, 0.6) is 0 Å². The minimum atomic E-state index is -3.61. The lowest BCUT2D eigenvalue weighted by Gasteiger charge is -2.25. The van der Waals surface area contributed by atoms with Crippen molar-refractivity contribution in [3.63, 3.8) is 0 Å². The zero-order chi connectivity index (χ0) is 21.4. The number of likely N-dealkylation sites (N-methyl/N-ethyl adjacent to an activating group) is 1. The molecule has 0 aliphatic rings. The molecule has 0 unspecified atom stereocenters. The lowest BCUT2D eigenvalue weighted by Crippen LogP contribution is -2.38. The van der Waals surface area contributed by atoms with Gasteiger partial charge in [-0.3, -0.25) is 4.79 Å². The molecule has 1 N–H and O–H groups in total. The van der Waals surface area contributed by atoms with Crippen molar-refractivity contribution in [3.8, 4) is 0 Å². The second-order valence-electron chi connectivity index (χ2n) is 6.65. The summed E-state index contributed by atoms with van der Waals surface area (Å²) in [5.74, 6) is -0.919. The molecule has 0 saturated carbocycles. The monoisotopic (exact) mass is 418 g/mol. The molecule has 0 fully saturated rings. The second kappa shape index (κ2) is 10.2. The summed E-state index contributed by atoms with van der Waals surface area (Å²) in [6, 6.07) is 13.9. The van der Waals surface area contributed by atoms with Gasteiger partial charge in [0.2, 0.25) is 15.9 Å². The molecule has 0 heterocycles. The Bertz CT molecular complexity index is 927. The molecule has 1 amide bonds. The van der Waals surface area contributed by atoms with Crippen LogP contribution in [0.2, 0.25) is 0 Å². The van der Waals surface area contributed by atoms with Crippen molar-refractivity contribution in [2.24, 2.45) is 0 Å². The molecule has 8 heteroatoms. The molecular weight excluding hydrogens is 392 g/mol. The van der Waals surface area contributed by atoms with Crippen LogP contribution in [0.1, 0.15) is 41.7 Å². The summed E-state index contributed by atoms with van der Waals surface area (Å²) in [6.45, 7) is 2.37. The van der Waals surface area contributed by atoms with E-state index in [-0.39, 0.29) is 0 Å². The quantitative estimate of drug-likeness (QED) is 0.499. The third-order valence-corrected chi connectivity index (χ3v) is 5.63. The van der Waals surface area contributed by atoms with Gasteiger partial charge in [-0.15, -0.1) is 0 Å². The van der Waals surface area contributed by atoms with E-state index in [4.69, 9.17) is 4.74 Å². The second-order valence-corrected chi connectivity index (χ2v) is 8.69. The number of sulfonamides is 1. The summed E-state index contributed by atoms with van der Waals surface area (Å²) in [6.07, 6.45) is 2.78. The lowest BCUT2D eigenvalue weighted by atomic mass is 10.1. The van der Waals surface area contributed by atoms with E-state index in [9.17, 15) is 18.0 Å². The summed E-state index contributed by atoms with van der Waals surface area (Å²) >= 11 is 0. The Hall–Kier alpha value is -2.71. The average Bonchev–Trinajstić information content (AvgIpc) is 2.69. The number of anilines is 1. The number of nitrogens with zero attached hydrogens (tertiary/aromatic N) is 1. The molecule has 0 aliphatic carbocycles. The molecule has 7 nitrogen and oxygen atoms in total. The van der Waals surface area contributed by atoms with Crippen LogP contribution in [0.4, 0.5) is 5.69 Å². The van der Waals surface area contributed by atoms with Crippen molar-refractivity contribution < 1.29 is 22.7 Å². The van der Waals surface area contributed by atoms with Gasteiger partial charge < -0.3 is 10.1 Å². The Balaban J connectivity index is 2.16. The third kappa shape index (κ3) is 6.40. The van der Waals surface area contributed by atoms with Crippen LogP contribution in [0.15, 0.2) is 54.6 Å². The van der Waals surface area contributed by atoms with E-state index in [1.54, 1.807) is 54.6 Å². The summed E-state index contributed by atoms with van der Waals surface area (Å²) in [5, 5.41) is 2.71. The predicted molar refractivity (Wildman–Crippen MR) is 112 cm³/mol. The van der Waals surface area contributed by atoms with Gasteiger partial charge in [0.05, 0.1) is 18.4 Å². The smallest absolute Gasteiger partial charge is 0.338 e. The molecule has 0 saturated heterocycles. The van der Waals surface area contributed by atoms with E-state index in [1.807, 2.05) is 6.92 Å². The molecule has 29 heavy (non-hydrogen) atoms. The Morgan fingerprint density at radius 3 is 2.24 bits per heavy atom. The Labute approximate surface area is 171 Å². The van der Waals surface area contributed by atoms with Crippen molar-refractivity contribution in [2.45, 2.75) is 25.8 Å². The summed E-state index contributed by atoms with van der Waals surface area (Å²) in [7, 11) is -2.24. The number of carbonyl (C=O) groups excluding carboxylic acids is 2. The zero-order valence-corrected chi connectivity index (χ0v) is 17.6. The molecule has 0 aliphatic heterocycles. The number of hydrogen-bond acceptors (Lipinski definition) is 5. The van der Waals surface area contributed by atoms with E-state index in [0.29, 0.717) is 23.4 Å². The molecule has 2 aromatic rings. The van der Waals surface area contributed by atoms with E-state index < -0.39 is 27.9 Å². The fourth-order valence-electron chi connectivity index (χ4n) is 2.65. The van der Waals surface area contributed by atoms with Gasteiger partial charge in [0.25, 0.3) is 0 Å². The Kier molecular flexibility index (Phi) is 7.92. The largest absolute Gasteiger partial charge is 0.462 e. The maximum Gasteiger partial charge on any atom is 0.338 e. The van der Waals surface area contributed by atoms with Gasteiger partial charge in [0.15, 0.2) is 0 Å². The number of benzene rings is 2. The van der Waals surface area contributed by atoms with Crippen LogP contribution in [0, 0.1) is 0 Å². The standard InChI is InChI=1S/C21H26N2O5S/c1-4-5-15-28-21(25)17-11-13-18(14-12-17)22-20(24)19(23(2)29(3,26)27)16-9-7-6-8-10-16/h6-14,19H,4-5,15H2,1-3H3,(H,22,24)/t19-/m1/s1. The number of amides is 1. The number of rotatable bonds is 9. The topological polar surface area (TPSA) is 92.8 Å². The fourth-order valence-corrected chi connectivity index (χ4v) is 3.25. The zero-order valence-electron chi connectivity index (χ0n) is 16.8. The average molecular weight is 419 g/mol. The number of hydrogen-bond donors (Lipinski definition) is 1. The number of carbonyl (C=O) groups is 2. The van der Waals surface area contributed by atoms with Crippen LogP contribution in [-0.2, 0) is 19.6 Å². The molecule has 1 atom stereocenters. The first kappa shape index (κ1) is 22.6. The minimum absolute atomic E-state index is 0.365. The highest BCUT2D eigenvalue weighted by molar-refractivity contribution is 7.88. The number of nitrogens with one attached hydrogen (secondary N) is 1. The highest BCUT2D eigenvalue weighted by Crippen LogP contribution is 2.24. The normalized spacial score (nSPS) is 12.4. The van der Waals surface area contributed by atoms with Crippen LogP contribution < -0.4 is 5.32 Å². The van der Waals surface area contributed by atoms with Gasteiger partial charge in [-0.1, -0.05) is 43.7 Å². The molecule has 0 radical (unpaired) electrons. The molecule has 2 rings (SSSR count).